The van der Waals surface area contributed by atoms with Gasteiger partial charge in [-0.25, -0.2) is 9.59 Å². The van der Waals surface area contributed by atoms with E-state index in [0.717, 1.165) is 0 Å². The molecule has 8 nitrogen and oxygen atoms in total. The van der Waals surface area contributed by atoms with Crippen LogP contribution in [0.4, 0.5) is 0 Å². The monoisotopic (exact) mass is 315 g/mol. The normalized spacial score (nSPS) is 9.26. The third kappa shape index (κ3) is 3.30. The Morgan fingerprint density at radius 1 is 0.737 bits per heavy atom. The van der Waals surface area contributed by atoms with E-state index in [2.05, 4.69) is 0 Å². The zero-order valence-corrected chi connectivity index (χ0v) is 9.74. The van der Waals surface area contributed by atoms with Crippen molar-refractivity contribution >= 4 is 23.9 Å². The number of carboxylic acids is 4. The summed E-state index contributed by atoms with van der Waals surface area (Å²) in [6.07, 6.45) is 0. The molecule has 1 rings (SSSR count). The summed E-state index contributed by atoms with van der Waals surface area (Å²) < 4.78 is 0. The quantitative estimate of drug-likeness (QED) is 0.593. The molecule has 0 bridgehead atoms. The second-order valence-electron chi connectivity index (χ2n) is 3.13. The number of benzene rings is 1. The molecule has 0 saturated carbocycles. The fraction of sp³-hybridized carbons (Fsp3) is 0. The first-order valence-corrected chi connectivity index (χ1v) is 4.33. The van der Waals surface area contributed by atoms with Crippen molar-refractivity contribution in [3.63, 3.8) is 0 Å². The van der Waals surface area contributed by atoms with Gasteiger partial charge < -0.3 is 30.0 Å². The average molecular weight is 316 g/mol. The number of carboxylic acid groups (broad SMARTS) is 4. The summed E-state index contributed by atoms with van der Waals surface area (Å²) in [5, 5.41) is 38.7. The topological polar surface area (TPSA) is 155 Å². The van der Waals surface area contributed by atoms with E-state index in [0.29, 0.717) is 12.1 Å². The van der Waals surface area contributed by atoms with Crippen molar-refractivity contribution < 1.29 is 56.7 Å². The Morgan fingerprint density at radius 3 is 1.21 bits per heavy atom. The predicted molar refractivity (Wildman–Crippen MR) is 49.0 cm³/mol. The molecule has 1 radical (unpaired) electrons. The van der Waals surface area contributed by atoms with Gasteiger partial charge in [-0.1, -0.05) is 0 Å². The zero-order valence-electron chi connectivity index (χ0n) is 8.80. The number of carbonyl (C=O) groups excluding carboxylic acids is 2. The molecule has 0 spiro atoms. The maximum atomic E-state index is 10.7. The van der Waals surface area contributed by atoms with Gasteiger partial charge >= 0.3 is 29.0 Å². The number of aromatic carboxylic acids is 4. The molecule has 1 aromatic rings. The van der Waals surface area contributed by atoms with Crippen LogP contribution in [0.25, 0.3) is 0 Å². The van der Waals surface area contributed by atoms with Crippen LogP contribution in [-0.2, 0) is 17.1 Å². The molecule has 1 aromatic carbocycles. The van der Waals surface area contributed by atoms with Gasteiger partial charge in [-0.05, 0) is 12.1 Å². The minimum atomic E-state index is -1.94. The van der Waals surface area contributed by atoms with Gasteiger partial charge in [0.1, 0.15) is 0 Å². The molecule has 19 heavy (non-hydrogen) atoms. The smallest absolute Gasteiger partial charge is 0.545 e. The number of carbonyl (C=O) groups is 4. The van der Waals surface area contributed by atoms with Crippen LogP contribution in [0.5, 0.6) is 0 Å². The molecule has 0 amide bonds. The molecule has 0 aliphatic rings. The van der Waals surface area contributed by atoms with Gasteiger partial charge in [0, 0.05) is 11.1 Å². The summed E-state index contributed by atoms with van der Waals surface area (Å²) >= 11 is 0. The van der Waals surface area contributed by atoms with Gasteiger partial charge in [-0.15, -0.1) is 0 Å². The van der Waals surface area contributed by atoms with Crippen molar-refractivity contribution in [1.82, 2.24) is 0 Å². The number of rotatable bonds is 4. The Hall–Kier alpha value is -2.38. The van der Waals surface area contributed by atoms with E-state index >= 15 is 0 Å². The van der Waals surface area contributed by atoms with Crippen LogP contribution in [0.15, 0.2) is 12.1 Å². The van der Waals surface area contributed by atoms with Crippen molar-refractivity contribution in [1.29, 1.82) is 0 Å². The Morgan fingerprint density at radius 2 is 1.00 bits per heavy atom. The molecule has 103 valence electrons. The zero-order chi connectivity index (χ0) is 14.0. The summed E-state index contributed by atoms with van der Waals surface area (Å²) in [5.74, 6) is -7.32. The van der Waals surface area contributed by atoms with Gasteiger partial charge in [0.2, 0.25) is 0 Å². The molecule has 0 atom stereocenters. The van der Waals surface area contributed by atoms with E-state index in [9.17, 15) is 29.4 Å². The minimum absolute atomic E-state index is 0. The van der Waals surface area contributed by atoms with Crippen LogP contribution < -0.4 is 10.2 Å². The second-order valence-corrected chi connectivity index (χ2v) is 3.13. The first kappa shape index (κ1) is 16.6. The third-order valence-electron chi connectivity index (χ3n) is 2.06. The largest absolute Gasteiger partial charge is 2.00 e. The number of hydrogen-bond acceptors (Lipinski definition) is 6. The van der Waals surface area contributed by atoms with Crippen LogP contribution in [0, 0.1) is 0 Å². The molecular weight excluding hydrogens is 312 g/mol. The number of hydrogen-bond donors (Lipinski definition) is 2. The molecule has 0 aliphatic heterocycles. The van der Waals surface area contributed by atoms with Crippen molar-refractivity contribution in [2.75, 3.05) is 0 Å². The Balaban J connectivity index is 0.00000324. The van der Waals surface area contributed by atoms with Crippen molar-refractivity contribution in [3.8, 4) is 0 Å². The summed E-state index contributed by atoms with van der Waals surface area (Å²) in [7, 11) is 0. The van der Waals surface area contributed by atoms with E-state index in [4.69, 9.17) is 10.2 Å². The van der Waals surface area contributed by atoms with E-state index in [1.165, 1.54) is 0 Å². The van der Waals surface area contributed by atoms with Gasteiger partial charge in [0.05, 0.1) is 23.1 Å². The maximum Gasteiger partial charge on any atom is 2.00 e. The fourth-order valence-corrected chi connectivity index (χ4v) is 1.29. The Bertz CT molecular complexity index is 479. The summed E-state index contributed by atoms with van der Waals surface area (Å²) in [6.45, 7) is 0. The maximum absolute atomic E-state index is 10.7. The molecule has 0 fully saturated rings. The molecule has 0 aliphatic carbocycles. The molecule has 9 heteroatoms. The summed E-state index contributed by atoms with van der Waals surface area (Å²) in [4.78, 5) is 42.8. The van der Waals surface area contributed by atoms with Gasteiger partial charge in [-0.3, -0.25) is 0 Å². The van der Waals surface area contributed by atoms with Crippen LogP contribution in [-0.4, -0.2) is 34.1 Å². The summed E-state index contributed by atoms with van der Waals surface area (Å²) in [5.41, 5.74) is -3.63. The van der Waals surface area contributed by atoms with Gasteiger partial charge in [0.25, 0.3) is 0 Å². The van der Waals surface area contributed by atoms with Crippen LogP contribution >= 0.6 is 0 Å². The van der Waals surface area contributed by atoms with Crippen LogP contribution in [0.2, 0.25) is 0 Å². The molecule has 0 heterocycles. The molecule has 0 saturated heterocycles. The first-order chi connectivity index (χ1) is 8.25. The van der Waals surface area contributed by atoms with Crippen LogP contribution in [0.1, 0.15) is 41.4 Å². The minimum Gasteiger partial charge on any atom is -0.545 e. The summed E-state index contributed by atoms with van der Waals surface area (Å²) in [6, 6.07) is 0.818. The van der Waals surface area contributed by atoms with E-state index in [1.807, 2.05) is 0 Å². The predicted octanol–water partition coefficient (Wildman–Crippen LogP) is -2.19. The average Bonchev–Trinajstić information content (AvgIpc) is 2.26. The van der Waals surface area contributed by atoms with Gasteiger partial charge in [0.15, 0.2) is 0 Å². The Kier molecular flexibility index (Phi) is 5.23. The standard InChI is InChI=1S/C10H6O8.Cu/c11-7(12)3-1-4(8(13)14)6(10(17)18)2-5(3)9(15)16;/h1-2H,(H,11,12)(H,13,14)(H,15,16)(H,17,18);/q;+2/p-2. The Labute approximate surface area is 115 Å². The SMILES string of the molecule is O=C([O-])c1cc(C(=O)[O-])c(C(=O)O)cc1C(=O)O.[Cu+2]. The molecule has 0 unspecified atom stereocenters. The first-order valence-electron chi connectivity index (χ1n) is 4.33. The van der Waals surface area contributed by atoms with Crippen LogP contribution in [0.3, 0.4) is 0 Å². The fourth-order valence-electron chi connectivity index (χ4n) is 1.29. The van der Waals surface area contributed by atoms with Gasteiger partial charge in [-0.2, -0.15) is 0 Å². The van der Waals surface area contributed by atoms with E-state index in [-0.39, 0.29) is 17.1 Å². The molecule has 0 aromatic heterocycles. The molecular formula is C10H4CuO8. The van der Waals surface area contributed by atoms with Crippen molar-refractivity contribution in [2.45, 2.75) is 0 Å². The van der Waals surface area contributed by atoms with E-state index in [1.54, 1.807) is 0 Å². The molecule has 2 N–H and O–H groups in total. The van der Waals surface area contributed by atoms with Crippen molar-refractivity contribution in [3.05, 3.63) is 34.4 Å². The van der Waals surface area contributed by atoms with E-state index < -0.39 is 46.1 Å². The third-order valence-corrected chi connectivity index (χ3v) is 2.06. The van der Waals surface area contributed by atoms with Crippen molar-refractivity contribution in [2.24, 2.45) is 0 Å². The second kappa shape index (κ2) is 5.98.